The maximum Gasteiger partial charge on any atom is 0.304 e. The molecule has 0 spiro atoms. The van der Waals surface area contributed by atoms with Crippen molar-refractivity contribution in [2.75, 3.05) is 13.2 Å². The van der Waals surface area contributed by atoms with Gasteiger partial charge >= 0.3 is 5.97 Å². The fourth-order valence-electron chi connectivity index (χ4n) is 4.50. The molecule has 4 rings (SSSR count). The number of carbonyl (C=O) groups is 3. The molecule has 196 valence electrons. The summed E-state index contributed by atoms with van der Waals surface area (Å²) in [5.74, 6) is 0.949. The molecule has 0 saturated carbocycles. The second-order valence-corrected chi connectivity index (χ2v) is 9.36. The molecular formula is C28H34N4O5. The molecule has 0 bridgehead atoms. The fourth-order valence-corrected chi connectivity index (χ4v) is 4.50. The Bertz CT molecular complexity index is 1150. The highest BCUT2D eigenvalue weighted by atomic mass is 16.6. The number of hydrogen-bond donors (Lipinski definition) is 1. The lowest BCUT2D eigenvalue weighted by Gasteiger charge is -2.28. The highest BCUT2D eigenvalue weighted by Gasteiger charge is 2.29. The second-order valence-electron chi connectivity index (χ2n) is 9.36. The van der Waals surface area contributed by atoms with Gasteiger partial charge < -0.3 is 19.3 Å². The number of benzene rings is 2. The van der Waals surface area contributed by atoms with E-state index in [1.165, 1.54) is 6.92 Å². The number of unbranched alkanes of at least 4 members (excludes halogenated alkanes) is 3. The molecule has 0 aromatic heterocycles. The van der Waals surface area contributed by atoms with Gasteiger partial charge in [0.25, 0.3) is 0 Å². The zero-order valence-corrected chi connectivity index (χ0v) is 21.4. The van der Waals surface area contributed by atoms with Crippen molar-refractivity contribution in [2.24, 2.45) is 4.99 Å². The average Bonchev–Trinajstić information content (AvgIpc) is 3.23. The average molecular weight is 507 g/mol. The van der Waals surface area contributed by atoms with Crippen LogP contribution in [0, 0.1) is 0 Å². The number of aliphatic imine (C=N–C) groups is 1. The summed E-state index contributed by atoms with van der Waals surface area (Å²) in [4.78, 5) is 44.0. The van der Waals surface area contributed by atoms with E-state index in [2.05, 4.69) is 10.3 Å². The van der Waals surface area contributed by atoms with Gasteiger partial charge in [0.15, 0.2) is 6.23 Å². The summed E-state index contributed by atoms with van der Waals surface area (Å²) in [6.45, 7) is 5.04. The molecule has 2 aliphatic heterocycles. The van der Waals surface area contributed by atoms with Gasteiger partial charge in [0.1, 0.15) is 12.3 Å². The van der Waals surface area contributed by atoms with Crippen LogP contribution in [-0.4, -0.2) is 52.9 Å². The smallest absolute Gasteiger partial charge is 0.304 e. The third kappa shape index (κ3) is 7.31. The molecule has 1 fully saturated rings. The van der Waals surface area contributed by atoms with Crippen LogP contribution < -0.4 is 10.1 Å². The number of nitrogens with one attached hydrogen (secondary N) is 1. The summed E-state index contributed by atoms with van der Waals surface area (Å²) in [5, 5.41) is 2.77. The molecule has 2 aromatic rings. The molecule has 1 N–H and O–H groups in total. The normalized spacial score (nSPS) is 14.7. The molecule has 0 aliphatic carbocycles. The molecule has 2 amide bonds. The molecule has 0 radical (unpaired) electrons. The first kappa shape index (κ1) is 26.2. The molecular weight excluding hydrogens is 472 g/mol. The minimum absolute atomic E-state index is 0.0244. The van der Waals surface area contributed by atoms with Gasteiger partial charge in [-0.2, -0.15) is 0 Å². The van der Waals surface area contributed by atoms with Crippen LogP contribution in [0.1, 0.15) is 57.1 Å². The molecule has 2 heterocycles. The minimum atomic E-state index is -0.616. The lowest BCUT2D eigenvalue weighted by molar-refractivity contribution is -0.162. The van der Waals surface area contributed by atoms with E-state index in [4.69, 9.17) is 9.47 Å². The number of fused-ring (bicyclic) bond motifs is 2. The maximum atomic E-state index is 12.9. The Morgan fingerprint density at radius 1 is 1.08 bits per heavy atom. The van der Waals surface area contributed by atoms with Crippen molar-refractivity contribution in [1.82, 2.24) is 15.1 Å². The van der Waals surface area contributed by atoms with E-state index in [9.17, 15) is 14.4 Å². The first-order chi connectivity index (χ1) is 17.9. The number of rotatable bonds is 12. The van der Waals surface area contributed by atoms with Crippen molar-refractivity contribution in [3.05, 3.63) is 59.7 Å². The second kappa shape index (κ2) is 12.4. The van der Waals surface area contributed by atoms with Crippen LogP contribution >= 0.6 is 0 Å². The third-order valence-corrected chi connectivity index (χ3v) is 6.37. The number of esters is 1. The van der Waals surface area contributed by atoms with Crippen molar-refractivity contribution in [3.8, 4) is 5.75 Å². The molecule has 2 aromatic carbocycles. The lowest BCUT2D eigenvalue weighted by atomic mass is 10.1. The van der Waals surface area contributed by atoms with Crippen molar-refractivity contribution in [1.29, 1.82) is 0 Å². The standard InChI is InChI=1S/C28H34N4O5/c1-20(37-21(2)33)32(17-22-10-6-5-7-11-22)27(35)12-8-3-4-9-15-36-24-13-14-25-23(16-24)18-31-19-26(34)30-28(31)29-25/h5-7,10-11,13-14,16,20H,3-4,8-9,12,15,17-19H2,1-2H3,(H,29,30,34). The molecule has 1 saturated heterocycles. The van der Waals surface area contributed by atoms with Crippen molar-refractivity contribution in [2.45, 2.75) is 65.3 Å². The van der Waals surface area contributed by atoms with E-state index in [-0.39, 0.29) is 11.8 Å². The quantitative estimate of drug-likeness (QED) is 0.266. The van der Waals surface area contributed by atoms with E-state index < -0.39 is 12.2 Å². The Balaban J connectivity index is 1.17. The summed E-state index contributed by atoms with van der Waals surface area (Å²) >= 11 is 0. The minimum Gasteiger partial charge on any atom is -0.494 e. The number of nitrogens with zero attached hydrogens (tertiary/aromatic N) is 3. The van der Waals surface area contributed by atoms with E-state index in [1.54, 1.807) is 11.8 Å². The van der Waals surface area contributed by atoms with Crippen LogP contribution in [0.3, 0.4) is 0 Å². The van der Waals surface area contributed by atoms with E-state index in [1.807, 2.05) is 53.4 Å². The van der Waals surface area contributed by atoms with Crippen LogP contribution in [0.5, 0.6) is 5.75 Å². The van der Waals surface area contributed by atoms with Crippen LogP contribution in [0.25, 0.3) is 0 Å². The number of guanidine groups is 1. The highest BCUT2D eigenvalue weighted by Crippen LogP contribution is 2.30. The Labute approximate surface area is 217 Å². The molecule has 9 heteroatoms. The summed E-state index contributed by atoms with van der Waals surface area (Å²) < 4.78 is 11.2. The predicted molar refractivity (Wildman–Crippen MR) is 139 cm³/mol. The van der Waals surface area contributed by atoms with Gasteiger partial charge in [-0.3, -0.25) is 19.7 Å². The predicted octanol–water partition coefficient (Wildman–Crippen LogP) is 3.89. The summed E-state index contributed by atoms with van der Waals surface area (Å²) in [5.41, 5.74) is 2.89. The topological polar surface area (TPSA) is 101 Å². The third-order valence-electron chi connectivity index (χ3n) is 6.37. The molecule has 1 atom stereocenters. The van der Waals surface area contributed by atoms with Gasteiger partial charge in [0, 0.05) is 32.0 Å². The van der Waals surface area contributed by atoms with Crippen molar-refractivity contribution < 1.29 is 23.9 Å². The molecule has 9 nitrogen and oxygen atoms in total. The van der Waals surface area contributed by atoms with Gasteiger partial charge in [-0.15, -0.1) is 0 Å². The van der Waals surface area contributed by atoms with Crippen LogP contribution in [0.4, 0.5) is 5.69 Å². The zero-order valence-electron chi connectivity index (χ0n) is 21.4. The number of hydrogen-bond acceptors (Lipinski definition) is 7. The first-order valence-electron chi connectivity index (χ1n) is 12.8. The van der Waals surface area contributed by atoms with Crippen LogP contribution in [0.2, 0.25) is 0 Å². The van der Waals surface area contributed by atoms with Crippen molar-refractivity contribution >= 4 is 29.4 Å². The van der Waals surface area contributed by atoms with E-state index in [0.29, 0.717) is 38.6 Å². The van der Waals surface area contributed by atoms with Crippen LogP contribution in [0.15, 0.2) is 53.5 Å². The SMILES string of the molecule is CC(=O)OC(C)N(Cc1ccccc1)C(=O)CCCCCCOc1ccc2c(c1)CN1CC(=O)NC1=N2. The summed E-state index contributed by atoms with van der Waals surface area (Å²) in [6, 6.07) is 15.5. The molecule has 2 aliphatic rings. The monoisotopic (exact) mass is 506 g/mol. The first-order valence-corrected chi connectivity index (χ1v) is 12.8. The van der Waals surface area contributed by atoms with Crippen molar-refractivity contribution in [3.63, 3.8) is 0 Å². The van der Waals surface area contributed by atoms with Gasteiger partial charge in [0.2, 0.25) is 17.8 Å². The molecule has 37 heavy (non-hydrogen) atoms. The number of amides is 2. The molecule has 1 unspecified atom stereocenters. The number of carbonyl (C=O) groups excluding carboxylic acids is 3. The zero-order chi connectivity index (χ0) is 26.2. The van der Waals surface area contributed by atoms with Gasteiger partial charge in [-0.05, 0) is 43.5 Å². The van der Waals surface area contributed by atoms with Gasteiger partial charge in [0.05, 0.1) is 12.3 Å². The van der Waals surface area contributed by atoms with E-state index >= 15 is 0 Å². The van der Waals surface area contributed by atoms with Gasteiger partial charge in [-0.1, -0.05) is 43.2 Å². The largest absolute Gasteiger partial charge is 0.494 e. The summed E-state index contributed by atoms with van der Waals surface area (Å²) in [7, 11) is 0. The highest BCUT2D eigenvalue weighted by molar-refractivity contribution is 6.05. The summed E-state index contributed by atoms with van der Waals surface area (Å²) in [6.07, 6.45) is 3.30. The Morgan fingerprint density at radius 3 is 2.65 bits per heavy atom. The Hall–Kier alpha value is -3.88. The van der Waals surface area contributed by atoms with Crippen LogP contribution in [-0.2, 0) is 32.2 Å². The number of ether oxygens (including phenoxy) is 2. The lowest BCUT2D eigenvalue weighted by Crippen LogP contribution is -2.40. The van der Waals surface area contributed by atoms with E-state index in [0.717, 1.165) is 48.2 Å². The van der Waals surface area contributed by atoms with Gasteiger partial charge in [-0.25, -0.2) is 4.99 Å². The Kier molecular flexibility index (Phi) is 8.77. The Morgan fingerprint density at radius 2 is 1.86 bits per heavy atom. The maximum absolute atomic E-state index is 12.9. The fraction of sp³-hybridized carbons (Fsp3) is 0.429.